The van der Waals surface area contributed by atoms with Crippen molar-refractivity contribution in [1.29, 1.82) is 0 Å². The highest BCUT2D eigenvalue weighted by Crippen LogP contribution is 2.31. The molecule has 0 N–H and O–H groups in total. The Hall–Kier alpha value is -2.44. The summed E-state index contributed by atoms with van der Waals surface area (Å²) >= 11 is 0. The van der Waals surface area contributed by atoms with E-state index in [1.165, 1.54) is 27.0 Å². The highest BCUT2D eigenvalue weighted by Gasteiger charge is 2.12. The smallest absolute Gasteiger partial charge is 0.146 e. The van der Waals surface area contributed by atoms with Crippen molar-refractivity contribution in [2.24, 2.45) is 0 Å². The molecular formula is C19H13N2P. The number of para-hydroxylation sites is 3. The van der Waals surface area contributed by atoms with Crippen LogP contribution in [0.3, 0.4) is 0 Å². The summed E-state index contributed by atoms with van der Waals surface area (Å²) in [5.41, 5.74) is 4.43. The lowest BCUT2D eigenvalue weighted by atomic mass is 10.1. The third-order valence-corrected chi connectivity index (χ3v) is 4.64. The van der Waals surface area contributed by atoms with Crippen LogP contribution in [0.5, 0.6) is 0 Å². The molecule has 5 rings (SSSR count). The van der Waals surface area contributed by atoms with Crippen LogP contribution in [-0.4, -0.2) is 9.38 Å². The van der Waals surface area contributed by atoms with Gasteiger partial charge in [0.2, 0.25) is 0 Å². The summed E-state index contributed by atoms with van der Waals surface area (Å²) in [6.45, 7) is 0. The van der Waals surface area contributed by atoms with Gasteiger partial charge in [0.1, 0.15) is 5.65 Å². The van der Waals surface area contributed by atoms with Gasteiger partial charge in [-0.2, -0.15) is 0 Å². The fraction of sp³-hybridized carbons (Fsp3) is 0. The molecule has 0 radical (unpaired) electrons. The summed E-state index contributed by atoms with van der Waals surface area (Å²) in [7, 11) is 2.78. The molecule has 0 spiro atoms. The monoisotopic (exact) mass is 300 g/mol. The van der Waals surface area contributed by atoms with E-state index in [0.717, 1.165) is 16.7 Å². The Balaban J connectivity index is 2.22. The van der Waals surface area contributed by atoms with E-state index < -0.39 is 0 Å². The fourth-order valence-corrected chi connectivity index (χ4v) is 3.59. The molecule has 22 heavy (non-hydrogen) atoms. The van der Waals surface area contributed by atoms with Crippen LogP contribution in [0.4, 0.5) is 0 Å². The van der Waals surface area contributed by atoms with Gasteiger partial charge in [-0.3, -0.25) is 4.40 Å². The minimum absolute atomic E-state index is 1.03. The number of pyridine rings is 1. The van der Waals surface area contributed by atoms with E-state index in [0.29, 0.717) is 0 Å². The zero-order chi connectivity index (χ0) is 14.7. The number of hydrogen-bond donors (Lipinski definition) is 0. The van der Waals surface area contributed by atoms with Crippen LogP contribution in [-0.2, 0) is 0 Å². The molecular weight excluding hydrogens is 287 g/mol. The number of hydrogen-bond acceptors (Lipinski definition) is 1. The van der Waals surface area contributed by atoms with Crippen molar-refractivity contribution in [3.05, 3.63) is 66.7 Å². The third kappa shape index (κ3) is 1.51. The van der Waals surface area contributed by atoms with Crippen molar-refractivity contribution in [1.82, 2.24) is 9.38 Å². The van der Waals surface area contributed by atoms with Crippen LogP contribution in [0.25, 0.3) is 38.4 Å². The zero-order valence-corrected chi connectivity index (χ0v) is 13.0. The molecule has 0 aliphatic rings. The Morgan fingerprint density at radius 1 is 0.727 bits per heavy atom. The predicted molar refractivity (Wildman–Crippen MR) is 97.1 cm³/mol. The lowest BCUT2D eigenvalue weighted by Gasteiger charge is -2.09. The molecule has 2 aromatic heterocycles. The number of nitrogens with zero attached hydrogens (tertiary/aromatic N) is 2. The Kier molecular flexibility index (Phi) is 2.36. The van der Waals surface area contributed by atoms with E-state index in [9.17, 15) is 0 Å². The second-order valence-corrected chi connectivity index (χ2v) is 6.25. The lowest BCUT2D eigenvalue weighted by Crippen LogP contribution is -1.94. The molecule has 0 saturated heterocycles. The zero-order valence-electron chi connectivity index (χ0n) is 11.8. The Bertz CT molecular complexity index is 1190. The summed E-state index contributed by atoms with van der Waals surface area (Å²) in [6.07, 6.45) is 0. The van der Waals surface area contributed by atoms with Crippen LogP contribution in [0, 0.1) is 0 Å². The summed E-state index contributed by atoms with van der Waals surface area (Å²) in [6, 6.07) is 23.4. The molecule has 0 aliphatic carbocycles. The van der Waals surface area contributed by atoms with Gasteiger partial charge < -0.3 is 0 Å². The van der Waals surface area contributed by atoms with Gasteiger partial charge in [0.25, 0.3) is 0 Å². The van der Waals surface area contributed by atoms with Crippen molar-refractivity contribution in [3.63, 3.8) is 0 Å². The summed E-state index contributed by atoms with van der Waals surface area (Å²) in [5.74, 6) is 0. The van der Waals surface area contributed by atoms with Gasteiger partial charge in [-0.05, 0) is 41.0 Å². The van der Waals surface area contributed by atoms with E-state index in [4.69, 9.17) is 4.98 Å². The molecule has 1 atom stereocenters. The van der Waals surface area contributed by atoms with Crippen LogP contribution in [0.1, 0.15) is 0 Å². The molecule has 0 aliphatic heterocycles. The minimum atomic E-state index is 1.03. The van der Waals surface area contributed by atoms with Crippen LogP contribution < -0.4 is 5.30 Å². The lowest BCUT2D eigenvalue weighted by molar-refractivity contribution is 1.32. The number of aromatic nitrogens is 2. The number of imidazole rings is 1. The summed E-state index contributed by atoms with van der Waals surface area (Å²) in [4.78, 5) is 4.88. The first kappa shape index (κ1) is 12.1. The van der Waals surface area contributed by atoms with E-state index in [-0.39, 0.29) is 0 Å². The molecule has 1 unspecified atom stereocenters. The van der Waals surface area contributed by atoms with Crippen molar-refractivity contribution in [3.8, 4) is 0 Å². The Labute approximate surface area is 129 Å². The first-order valence-electron chi connectivity index (χ1n) is 7.30. The van der Waals surface area contributed by atoms with E-state index in [2.05, 4.69) is 74.3 Å². The third-order valence-electron chi connectivity index (χ3n) is 4.28. The topological polar surface area (TPSA) is 17.3 Å². The number of rotatable bonds is 0. The first-order valence-corrected chi connectivity index (χ1v) is 7.88. The quantitative estimate of drug-likeness (QED) is 0.308. The normalized spacial score (nSPS) is 11.9. The summed E-state index contributed by atoms with van der Waals surface area (Å²) < 4.78 is 2.27. The van der Waals surface area contributed by atoms with Gasteiger partial charge in [0.15, 0.2) is 0 Å². The van der Waals surface area contributed by atoms with E-state index in [1.807, 2.05) is 6.07 Å². The summed E-state index contributed by atoms with van der Waals surface area (Å²) in [5, 5.41) is 4.91. The molecule has 5 aromatic rings. The van der Waals surface area contributed by atoms with Crippen molar-refractivity contribution < 1.29 is 0 Å². The Morgan fingerprint density at radius 3 is 2.41 bits per heavy atom. The fourth-order valence-electron chi connectivity index (χ4n) is 3.33. The average Bonchev–Trinajstić information content (AvgIpc) is 2.94. The van der Waals surface area contributed by atoms with Crippen LogP contribution >= 0.6 is 9.24 Å². The minimum Gasteiger partial charge on any atom is -0.292 e. The van der Waals surface area contributed by atoms with Crippen LogP contribution in [0.2, 0.25) is 0 Å². The molecule has 3 aromatic carbocycles. The second-order valence-electron chi connectivity index (χ2n) is 5.58. The molecule has 104 valence electrons. The van der Waals surface area contributed by atoms with Crippen molar-refractivity contribution in [2.45, 2.75) is 0 Å². The molecule has 0 fully saturated rings. The molecule has 0 bridgehead atoms. The average molecular weight is 300 g/mol. The molecule has 2 nitrogen and oxygen atoms in total. The predicted octanol–water partition coefficient (Wildman–Crippen LogP) is 4.29. The van der Waals surface area contributed by atoms with Gasteiger partial charge in [-0.15, -0.1) is 9.24 Å². The van der Waals surface area contributed by atoms with Gasteiger partial charge in [0, 0.05) is 10.8 Å². The molecule has 3 heteroatoms. The number of fused-ring (bicyclic) bond motifs is 8. The van der Waals surface area contributed by atoms with E-state index >= 15 is 0 Å². The Morgan fingerprint density at radius 2 is 1.50 bits per heavy atom. The van der Waals surface area contributed by atoms with Crippen molar-refractivity contribution in [2.75, 3.05) is 0 Å². The largest absolute Gasteiger partial charge is 0.292 e. The van der Waals surface area contributed by atoms with Gasteiger partial charge in [-0.25, -0.2) is 4.98 Å². The molecule has 0 saturated carbocycles. The van der Waals surface area contributed by atoms with Gasteiger partial charge >= 0.3 is 0 Å². The maximum atomic E-state index is 4.88. The maximum absolute atomic E-state index is 4.88. The standard InChI is InChI=1S/C19H13N2P/c22-12-9-10-14-15(11-12)13-5-1-3-7-17(13)21-18-8-4-2-6-16(18)20-19(14)21/h1-11H,22H2. The SMILES string of the molecule is Pc1ccc2c(c1)c1ccccc1n1c3ccccc3nc21. The van der Waals surface area contributed by atoms with E-state index in [1.54, 1.807) is 0 Å². The maximum Gasteiger partial charge on any atom is 0.146 e. The van der Waals surface area contributed by atoms with Gasteiger partial charge in [-0.1, -0.05) is 36.4 Å². The highest BCUT2D eigenvalue weighted by atomic mass is 31.0. The molecule has 2 heterocycles. The number of benzene rings is 3. The van der Waals surface area contributed by atoms with Crippen molar-refractivity contribution >= 4 is 52.9 Å². The molecule has 0 amide bonds. The first-order chi connectivity index (χ1) is 10.8. The van der Waals surface area contributed by atoms with Crippen LogP contribution in [0.15, 0.2) is 66.7 Å². The highest BCUT2D eigenvalue weighted by molar-refractivity contribution is 7.27. The second kappa shape index (κ2) is 4.28. The van der Waals surface area contributed by atoms with Gasteiger partial charge in [0.05, 0.1) is 16.6 Å².